The molecule has 0 aromatic rings. The van der Waals surface area contributed by atoms with Gasteiger partial charge >= 0.3 is 18.3 Å². The molecular formula is C27H36F6O5. The minimum absolute atomic E-state index is 0.145. The second-order valence-electron chi connectivity index (χ2n) is 11.2. The number of carbonyl (C=O) groups excluding carboxylic acids is 1. The van der Waals surface area contributed by atoms with E-state index in [4.69, 9.17) is 4.74 Å². The topological polar surface area (TPSA) is 87.0 Å². The quantitative estimate of drug-likeness (QED) is 0.290. The fourth-order valence-electron chi connectivity index (χ4n) is 6.59. The Hall–Kier alpha value is -1.85. The van der Waals surface area contributed by atoms with Crippen molar-refractivity contribution in [1.82, 2.24) is 0 Å². The van der Waals surface area contributed by atoms with Crippen molar-refractivity contribution in [2.45, 2.75) is 108 Å². The van der Waals surface area contributed by atoms with E-state index >= 15 is 0 Å². The van der Waals surface area contributed by atoms with Crippen LogP contribution in [0, 0.1) is 17.3 Å². The van der Waals surface area contributed by atoms with Gasteiger partial charge in [0, 0.05) is 25.2 Å². The largest absolute Gasteiger partial charge is 0.462 e. The smallest absolute Gasteiger partial charge is 0.426 e. The molecule has 3 saturated carbocycles. The lowest BCUT2D eigenvalue weighted by molar-refractivity contribution is -0.369. The number of rotatable bonds is 6. The molecular weight excluding hydrogens is 518 g/mol. The van der Waals surface area contributed by atoms with E-state index in [0.717, 1.165) is 31.3 Å². The van der Waals surface area contributed by atoms with E-state index in [9.17, 15) is 46.5 Å². The van der Waals surface area contributed by atoms with Crippen molar-refractivity contribution in [3.8, 4) is 0 Å². The van der Waals surface area contributed by atoms with Gasteiger partial charge in [0.05, 0.1) is 12.2 Å². The minimum Gasteiger partial charge on any atom is -0.462 e. The number of alkyl halides is 6. The van der Waals surface area contributed by atoms with Crippen LogP contribution in [0.4, 0.5) is 26.3 Å². The molecule has 0 aliphatic heterocycles. The summed E-state index contributed by atoms with van der Waals surface area (Å²) in [6, 6.07) is 0. The molecule has 0 unspecified atom stereocenters. The molecule has 6 atom stereocenters. The highest BCUT2D eigenvalue weighted by atomic mass is 19.4. The Balaban J connectivity index is 1.68. The summed E-state index contributed by atoms with van der Waals surface area (Å²) in [6.07, 6.45) is -8.73. The van der Waals surface area contributed by atoms with Crippen molar-refractivity contribution in [3.63, 3.8) is 0 Å². The van der Waals surface area contributed by atoms with Crippen LogP contribution < -0.4 is 0 Å². The Labute approximate surface area is 218 Å². The van der Waals surface area contributed by atoms with Crippen LogP contribution in [0.1, 0.15) is 71.6 Å². The van der Waals surface area contributed by atoms with E-state index < -0.39 is 55.1 Å². The molecule has 3 rings (SSSR count). The third kappa shape index (κ3) is 5.99. The van der Waals surface area contributed by atoms with Gasteiger partial charge in [0.2, 0.25) is 0 Å². The molecule has 3 aliphatic carbocycles. The second-order valence-corrected chi connectivity index (χ2v) is 11.2. The molecule has 38 heavy (non-hydrogen) atoms. The Kier molecular flexibility index (Phi) is 8.85. The lowest BCUT2D eigenvalue weighted by Gasteiger charge is -2.44. The van der Waals surface area contributed by atoms with Gasteiger partial charge in [-0.3, -0.25) is 4.79 Å². The minimum atomic E-state index is -5.98. The first kappa shape index (κ1) is 30.7. The molecule has 3 fully saturated rings. The molecule has 0 aromatic heterocycles. The van der Waals surface area contributed by atoms with Crippen molar-refractivity contribution >= 4 is 5.97 Å². The van der Waals surface area contributed by atoms with Crippen molar-refractivity contribution < 1.29 is 51.2 Å². The van der Waals surface area contributed by atoms with Gasteiger partial charge < -0.3 is 20.1 Å². The lowest BCUT2D eigenvalue weighted by Crippen LogP contribution is -2.57. The zero-order chi connectivity index (χ0) is 28.7. The van der Waals surface area contributed by atoms with Crippen molar-refractivity contribution in [1.29, 1.82) is 0 Å². The summed E-state index contributed by atoms with van der Waals surface area (Å²) in [6.45, 7) is 7.60. The monoisotopic (exact) mass is 554 g/mol. The molecule has 5 nitrogen and oxygen atoms in total. The van der Waals surface area contributed by atoms with Gasteiger partial charge in [-0.15, -0.1) is 0 Å². The summed E-state index contributed by atoms with van der Waals surface area (Å²) in [5.74, 6) is -1.22. The third-order valence-corrected chi connectivity index (χ3v) is 8.81. The second kappa shape index (κ2) is 11.0. The number of carbonyl (C=O) groups is 1. The number of hydrogen-bond donors (Lipinski definition) is 3. The van der Waals surface area contributed by atoms with Gasteiger partial charge in [0.1, 0.15) is 6.10 Å². The maximum Gasteiger partial charge on any atom is 0.426 e. The van der Waals surface area contributed by atoms with Crippen molar-refractivity contribution in [2.24, 2.45) is 17.3 Å². The van der Waals surface area contributed by atoms with Crippen molar-refractivity contribution in [2.75, 3.05) is 0 Å². The number of aliphatic hydroxyl groups excluding tert-OH is 2. The highest BCUT2D eigenvalue weighted by molar-refractivity contribution is 5.69. The molecule has 0 spiro atoms. The zero-order valence-electron chi connectivity index (χ0n) is 21.5. The SMILES string of the molecule is C=C1/C(=C\C=C2/CCC[C@]3(C)[C@@H]([C@H](C)OC(=O)CCC(O)(C(F)(F)F)C(F)(F)F)CC[C@@H]23)C[C@@H](O)C[C@@H]1O. The van der Waals surface area contributed by atoms with E-state index in [-0.39, 0.29) is 23.7 Å². The molecule has 0 bridgehead atoms. The number of ether oxygens (including phenoxy) is 1. The Morgan fingerprint density at radius 2 is 1.79 bits per heavy atom. The molecule has 216 valence electrons. The number of fused-ring (bicyclic) bond motifs is 1. The van der Waals surface area contributed by atoms with E-state index in [1.807, 2.05) is 12.2 Å². The zero-order valence-corrected chi connectivity index (χ0v) is 21.5. The Morgan fingerprint density at radius 3 is 2.39 bits per heavy atom. The summed E-state index contributed by atoms with van der Waals surface area (Å²) < 4.78 is 82.8. The highest BCUT2D eigenvalue weighted by Gasteiger charge is 2.70. The van der Waals surface area contributed by atoms with Crippen LogP contribution in [0.5, 0.6) is 0 Å². The van der Waals surface area contributed by atoms with Gasteiger partial charge in [-0.25, -0.2) is 0 Å². The van der Waals surface area contributed by atoms with Crippen LogP contribution in [-0.4, -0.2) is 57.6 Å². The Bertz CT molecular complexity index is 954. The summed E-state index contributed by atoms with van der Waals surface area (Å²) in [5, 5.41) is 29.4. The summed E-state index contributed by atoms with van der Waals surface area (Å²) in [4.78, 5) is 12.3. The molecule has 0 radical (unpaired) electrons. The number of halogens is 6. The molecule has 3 N–H and O–H groups in total. The number of aliphatic hydroxyl groups is 3. The van der Waals surface area contributed by atoms with Crippen LogP contribution in [0.25, 0.3) is 0 Å². The van der Waals surface area contributed by atoms with Gasteiger partial charge in [0.15, 0.2) is 0 Å². The van der Waals surface area contributed by atoms with Crippen LogP contribution in [0.2, 0.25) is 0 Å². The number of allylic oxidation sites excluding steroid dienone is 3. The van der Waals surface area contributed by atoms with Crippen LogP contribution >= 0.6 is 0 Å². The summed E-state index contributed by atoms with van der Waals surface area (Å²) >= 11 is 0. The van der Waals surface area contributed by atoms with E-state index in [0.29, 0.717) is 18.4 Å². The highest BCUT2D eigenvalue weighted by Crippen LogP contribution is 2.58. The maximum absolute atomic E-state index is 12.9. The van der Waals surface area contributed by atoms with Crippen LogP contribution in [-0.2, 0) is 9.53 Å². The van der Waals surface area contributed by atoms with Crippen LogP contribution in [0.15, 0.2) is 35.5 Å². The molecule has 11 heteroatoms. The Morgan fingerprint density at radius 1 is 1.16 bits per heavy atom. The molecule has 3 aliphatic rings. The predicted octanol–water partition coefficient (Wildman–Crippen LogP) is 5.70. The molecule has 0 saturated heterocycles. The van der Waals surface area contributed by atoms with Gasteiger partial charge in [0.25, 0.3) is 5.60 Å². The van der Waals surface area contributed by atoms with E-state index in [1.165, 1.54) is 5.57 Å². The summed E-state index contributed by atoms with van der Waals surface area (Å²) in [7, 11) is 0. The van der Waals surface area contributed by atoms with E-state index in [1.54, 1.807) is 6.92 Å². The first-order chi connectivity index (χ1) is 17.4. The fraction of sp³-hybridized carbons (Fsp3) is 0.741. The van der Waals surface area contributed by atoms with Crippen LogP contribution in [0.3, 0.4) is 0 Å². The molecule has 0 aromatic carbocycles. The standard InChI is InChI=1S/C27H36F6O5/c1-15-18(13-19(34)14-22(15)35)7-6-17-5-4-11-24(3)20(8-9-21(17)24)16(2)38-23(36)10-12-25(37,26(28,29)30)27(31,32)33/h6-7,16,19-22,34-35,37H,1,4-5,8-14H2,2-3H3/b17-6+,18-7-/t16-,19+,20+,21-,22-,24+/m0/s1. The average molecular weight is 555 g/mol. The van der Waals surface area contributed by atoms with Crippen molar-refractivity contribution in [3.05, 3.63) is 35.5 Å². The first-order valence-electron chi connectivity index (χ1n) is 12.9. The number of hydrogen-bond acceptors (Lipinski definition) is 5. The first-order valence-corrected chi connectivity index (χ1v) is 12.9. The van der Waals surface area contributed by atoms with Gasteiger partial charge in [-0.05, 0) is 67.9 Å². The molecule has 0 amide bonds. The predicted molar refractivity (Wildman–Crippen MR) is 127 cm³/mol. The third-order valence-electron chi connectivity index (χ3n) is 8.81. The maximum atomic E-state index is 12.9. The fourth-order valence-corrected chi connectivity index (χ4v) is 6.59. The summed E-state index contributed by atoms with van der Waals surface area (Å²) in [5.41, 5.74) is -2.73. The normalized spacial score (nSPS) is 33.9. The number of esters is 1. The molecule has 0 heterocycles. The lowest BCUT2D eigenvalue weighted by atomic mass is 9.62. The van der Waals surface area contributed by atoms with Gasteiger partial charge in [-0.2, -0.15) is 26.3 Å². The average Bonchev–Trinajstić information content (AvgIpc) is 3.14. The van der Waals surface area contributed by atoms with Gasteiger partial charge in [-0.1, -0.05) is 31.2 Å². The van der Waals surface area contributed by atoms with E-state index in [2.05, 4.69) is 13.5 Å².